The number of hydrogen-bond donors (Lipinski definition) is 2. The minimum Gasteiger partial charge on any atom is -0.325 e. The fourth-order valence-corrected chi connectivity index (χ4v) is 4.23. The van der Waals surface area contributed by atoms with E-state index in [1.807, 2.05) is 39.0 Å². The first-order chi connectivity index (χ1) is 13.4. The summed E-state index contributed by atoms with van der Waals surface area (Å²) in [5.74, 6) is -0.0691. The Kier molecular flexibility index (Phi) is 6.09. The van der Waals surface area contributed by atoms with Crippen LogP contribution in [0.25, 0.3) is 10.2 Å². The maximum Gasteiger partial charge on any atom is 0.228 e. The van der Waals surface area contributed by atoms with Crippen LogP contribution in [0.2, 0.25) is 0 Å². The predicted molar refractivity (Wildman–Crippen MR) is 116 cm³/mol. The second-order valence-corrected chi connectivity index (χ2v) is 8.15. The second-order valence-electron chi connectivity index (χ2n) is 7.12. The number of anilines is 2. The third-order valence-corrected chi connectivity index (χ3v) is 5.42. The quantitative estimate of drug-likeness (QED) is 0.607. The van der Waals surface area contributed by atoms with Gasteiger partial charge in [-0.25, -0.2) is 4.98 Å². The van der Waals surface area contributed by atoms with Gasteiger partial charge in [0.2, 0.25) is 11.8 Å². The number of nitrogens with zero attached hydrogens (tertiary/aromatic N) is 1. The average molecular weight is 396 g/mol. The van der Waals surface area contributed by atoms with Gasteiger partial charge in [-0.15, -0.1) is 0 Å². The zero-order valence-electron chi connectivity index (χ0n) is 16.7. The van der Waals surface area contributed by atoms with Gasteiger partial charge in [-0.1, -0.05) is 42.0 Å². The van der Waals surface area contributed by atoms with Crippen molar-refractivity contribution in [2.75, 3.05) is 10.6 Å². The van der Waals surface area contributed by atoms with Gasteiger partial charge in [-0.3, -0.25) is 9.59 Å². The molecule has 0 atom stereocenters. The highest BCUT2D eigenvalue weighted by molar-refractivity contribution is 7.22. The summed E-state index contributed by atoms with van der Waals surface area (Å²) in [5, 5.41) is 6.47. The van der Waals surface area contributed by atoms with Gasteiger partial charge >= 0.3 is 0 Å². The molecule has 146 valence electrons. The highest BCUT2D eigenvalue weighted by Gasteiger charge is 2.12. The molecule has 0 bridgehead atoms. The van der Waals surface area contributed by atoms with Crippen LogP contribution in [-0.4, -0.2) is 16.8 Å². The number of thiazole rings is 1. The van der Waals surface area contributed by atoms with E-state index in [1.54, 1.807) is 0 Å². The molecule has 0 saturated heterocycles. The Balaban J connectivity index is 1.72. The number of rotatable bonds is 6. The Labute approximate surface area is 169 Å². The van der Waals surface area contributed by atoms with Gasteiger partial charge < -0.3 is 10.6 Å². The number of aromatic nitrogens is 1. The molecule has 0 saturated carbocycles. The number of amides is 2. The van der Waals surface area contributed by atoms with E-state index in [1.165, 1.54) is 16.9 Å². The van der Waals surface area contributed by atoms with Crippen LogP contribution in [0, 0.1) is 20.8 Å². The summed E-state index contributed by atoms with van der Waals surface area (Å²) in [5.41, 5.74) is 5.95. The lowest BCUT2D eigenvalue weighted by Crippen LogP contribution is -2.16. The van der Waals surface area contributed by atoms with Crippen LogP contribution in [0.3, 0.4) is 0 Å². The molecule has 5 nitrogen and oxygen atoms in total. The van der Waals surface area contributed by atoms with Crippen molar-refractivity contribution >= 4 is 44.2 Å². The highest BCUT2D eigenvalue weighted by Crippen LogP contribution is 2.27. The van der Waals surface area contributed by atoms with Crippen LogP contribution in [0.5, 0.6) is 0 Å². The lowest BCUT2D eigenvalue weighted by molar-refractivity contribution is -0.116. The van der Waals surface area contributed by atoms with Crippen molar-refractivity contribution in [2.24, 2.45) is 0 Å². The molecule has 0 spiro atoms. The molecule has 0 radical (unpaired) electrons. The van der Waals surface area contributed by atoms with E-state index in [0.29, 0.717) is 11.6 Å². The summed E-state index contributed by atoms with van der Waals surface area (Å²) < 4.78 is 0.958. The standard InChI is InChI=1S/C22H25N3O2S/c1-5-6-19(26)25-22-23-17-8-7-16(11-18(17)28-22)12-20(27)24-21-14(3)9-13(2)10-15(21)4/h7-11H,5-6,12H2,1-4H3,(H,24,27)(H,23,25,26). The largest absolute Gasteiger partial charge is 0.325 e. The van der Waals surface area contributed by atoms with Gasteiger partial charge in [0.1, 0.15) is 0 Å². The SMILES string of the molecule is CCCC(=O)Nc1nc2ccc(CC(=O)Nc3c(C)cc(C)cc3C)cc2s1. The van der Waals surface area contributed by atoms with Crippen LogP contribution in [-0.2, 0) is 16.0 Å². The summed E-state index contributed by atoms with van der Waals surface area (Å²) in [4.78, 5) is 28.7. The summed E-state index contributed by atoms with van der Waals surface area (Å²) in [6.45, 7) is 8.03. The van der Waals surface area contributed by atoms with Gasteiger partial charge in [0, 0.05) is 12.1 Å². The fourth-order valence-electron chi connectivity index (χ4n) is 3.29. The predicted octanol–water partition coefficient (Wildman–Crippen LogP) is 5.14. The molecule has 3 aromatic rings. The summed E-state index contributed by atoms with van der Waals surface area (Å²) in [6, 6.07) is 9.91. The van der Waals surface area contributed by atoms with Crippen LogP contribution in [0.4, 0.5) is 10.8 Å². The number of carbonyl (C=O) groups is 2. The van der Waals surface area contributed by atoms with Crippen molar-refractivity contribution < 1.29 is 9.59 Å². The maximum atomic E-state index is 12.5. The summed E-state index contributed by atoms with van der Waals surface area (Å²) in [6.07, 6.45) is 1.58. The fraction of sp³-hybridized carbons (Fsp3) is 0.318. The monoisotopic (exact) mass is 395 g/mol. The smallest absolute Gasteiger partial charge is 0.228 e. The Bertz CT molecular complexity index is 1020. The van der Waals surface area contributed by atoms with Crippen LogP contribution < -0.4 is 10.6 Å². The molecule has 0 aliphatic carbocycles. The lowest BCUT2D eigenvalue weighted by atomic mass is 10.0. The Morgan fingerprint density at radius 2 is 1.71 bits per heavy atom. The summed E-state index contributed by atoms with van der Waals surface area (Å²) >= 11 is 1.43. The third kappa shape index (κ3) is 4.75. The average Bonchev–Trinajstić information content (AvgIpc) is 2.99. The molecule has 0 aliphatic rings. The van der Waals surface area contributed by atoms with E-state index >= 15 is 0 Å². The van der Waals surface area contributed by atoms with Crippen molar-refractivity contribution in [1.29, 1.82) is 0 Å². The van der Waals surface area contributed by atoms with E-state index in [9.17, 15) is 9.59 Å². The molecule has 2 N–H and O–H groups in total. The van der Waals surface area contributed by atoms with Gasteiger partial charge in [-0.2, -0.15) is 0 Å². The van der Waals surface area contributed by atoms with Crippen molar-refractivity contribution in [1.82, 2.24) is 4.98 Å². The van der Waals surface area contributed by atoms with Gasteiger partial charge in [0.15, 0.2) is 5.13 Å². The molecule has 1 aromatic heterocycles. The van der Waals surface area contributed by atoms with Gasteiger partial charge in [-0.05, 0) is 56.0 Å². The van der Waals surface area contributed by atoms with E-state index < -0.39 is 0 Å². The first kappa shape index (κ1) is 20.0. The van der Waals surface area contributed by atoms with Crippen molar-refractivity contribution in [3.63, 3.8) is 0 Å². The number of fused-ring (bicyclic) bond motifs is 1. The molecule has 3 rings (SSSR count). The molecule has 28 heavy (non-hydrogen) atoms. The molecule has 1 heterocycles. The minimum atomic E-state index is -0.0459. The normalized spacial score (nSPS) is 10.9. The molecule has 6 heteroatoms. The molecular formula is C22H25N3O2S. The zero-order valence-corrected chi connectivity index (χ0v) is 17.5. The number of hydrogen-bond acceptors (Lipinski definition) is 4. The molecule has 0 unspecified atom stereocenters. The molecular weight excluding hydrogens is 370 g/mol. The number of aryl methyl sites for hydroxylation is 3. The molecule has 0 fully saturated rings. The number of carbonyl (C=O) groups excluding carboxylic acids is 2. The van der Waals surface area contributed by atoms with Crippen LogP contribution >= 0.6 is 11.3 Å². The number of nitrogens with one attached hydrogen (secondary N) is 2. The van der Waals surface area contributed by atoms with Gasteiger partial charge in [0.05, 0.1) is 16.6 Å². The molecule has 2 aromatic carbocycles. The topological polar surface area (TPSA) is 71.1 Å². The van der Waals surface area contributed by atoms with Crippen molar-refractivity contribution in [2.45, 2.75) is 47.0 Å². The Hall–Kier alpha value is -2.73. The minimum absolute atomic E-state index is 0.0232. The maximum absolute atomic E-state index is 12.5. The third-order valence-electron chi connectivity index (χ3n) is 4.48. The molecule has 2 amide bonds. The Morgan fingerprint density at radius 3 is 2.39 bits per heavy atom. The second kappa shape index (κ2) is 8.52. The van der Waals surface area contributed by atoms with Crippen molar-refractivity contribution in [3.8, 4) is 0 Å². The van der Waals surface area contributed by atoms with Gasteiger partial charge in [0.25, 0.3) is 0 Å². The molecule has 0 aliphatic heterocycles. The van der Waals surface area contributed by atoms with E-state index in [4.69, 9.17) is 0 Å². The first-order valence-electron chi connectivity index (χ1n) is 9.42. The summed E-state index contributed by atoms with van der Waals surface area (Å²) in [7, 11) is 0. The van der Waals surface area contributed by atoms with Crippen LogP contribution in [0.1, 0.15) is 42.0 Å². The van der Waals surface area contributed by atoms with Crippen molar-refractivity contribution in [3.05, 3.63) is 52.6 Å². The number of benzene rings is 2. The van der Waals surface area contributed by atoms with E-state index in [2.05, 4.69) is 34.7 Å². The van der Waals surface area contributed by atoms with Crippen LogP contribution in [0.15, 0.2) is 30.3 Å². The Morgan fingerprint density at radius 1 is 1.00 bits per heavy atom. The van der Waals surface area contributed by atoms with E-state index in [0.717, 1.165) is 39.0 Å². The van der Waals surface area contributed by atoms with E-state index in [-0.39, 0.29) is 18.2 Å². The highest BCUT2D eigenvalue weighted by atomic mass is 32.1. The first-order valence-corrected chi connectivity index (χ1v) is 10.2. The zero-order chi connectivity index (χ0) is 20.3. The lowest BCUT2D eigenvalue weighted by Gasteiger charge is -2.13.